The first kappa shape index (κ1) is 13.8. The predicted octanol–water partition coefficient (Wildman–Crippen LogP) is 2.76. The Kier molecular flexibility index (Phi) is 5.16. The second kappa shape index (κ2) is 7.10. The maximum absolute atomic E-state index is 4.24. The van der Waals surface area contributed by atoms with Gasteiger partial charge in [-0.2, -0.15) is 0 Å². The molecular formula is C16H23N3. The zero-order valence-corrected chi connectivity index (χ0v) is 11.9. The molecule has 0 bridgehead atoms. The van der Waals surface area contributed by atoms with Crippen molar-refractivity contribution >= 4 is 0 Å². The lowest BCUT2D eigenvalue weighted by Gasteiger charge is -2.16. The van der Waals surface area contributed by atoms with Gasteiger partial charge in [-0.15, -0.1) is 0 Å². The number of nitrogens with zero attached hydrogens (tertiary/aromatic N) is 3. The third-order valence-corrected chi connectivity index (χ3v) is 3.34. The molecular weight excluding hydrogens is 234 g/mol. The van der Waals surface area contributed by atoms with E-state index >= 15 is 0 Å². The van der Waals surface area contributed by atoms with Crippen molar-refractivity contribution < 1.29 is 0 Å². The van der Waals surface area contributed by atoms with E-state index in [0.717, 1.165) is 31.7 Å². The van der Waals surface area contributed by atoms with Crippen LogP contribution in [0, 0.1) is 6.92 Å². The van der Waals surface area contributed by atoms with Crippen LogP contribution in [-0.4, -0.2) is 34.6 Å². The van der Waals surface area contributed by atoms with Crippen LogP contribution in [0.25, 0.3) is 0 Å². The first-order valence-electron chi connectivity index (χ1n) is 6.95. The van der Waals surface area contributed by atoms with Crippen molar-refractivity contribution in [2.24, 2.45) is 0 Å². The molecule has 0 saturated carbocycles. The first-order valence-corrected chi connectivity index (χ1v) is 6.95. The highest BCUT2D eigenvalue weighted by molar-refractivity contribution is 5.14. The number of aryl methyl sites for hydroxylation is 2. The molecule has 0 amide bonds. The van der Waals surface area contributed by atoms with Crippen LogP contribution in [0.1, 0.15) is 17.7 Å². The number of rotatable bonds is 7. The number of benzene rings is 1. The molecule has 0 aliphatic rings. The van der Waals surface area contributed by atoms with E-state index in [-0.39, 0.29) is 0 Å². The van der Waals surface area contributed by atoms with Gasteiger partial charge in [-0.05, 0) is 38.9 Å². The Morgan fingerprint density at radius 3 is 2.63 bits per heavy atom. The highest BCUT2D eigenvalue weighted by Gasteiger charge is 2.00. The van der Waals surface area contributed by atoms with Gasteiger partial charge < -0.3 is 9.47 Å². The van der Waals surface area contributed by atoms with Crippen LogP contribution >= 0.6 is 0 Å². The molecule has 0 saturated heterocycles. The van der Waals surface area contributed by atoms with Crippen molar-refractivity contribution in [3.8, 4) is 0 Å². The smallest absolute Gasteiger partial charge is 0.0949 e. The van der Waals surface area contributed by atoms with Crippen molar-refractivity contribution in [2.75, 3.05) is 20.1 Å². The minimum Gasteiger partial charge on any atom is -0.337 e. The molecule has 1 heterocycles. The summed E-state index contributed by atoms with van der Waals surface area (Å²) in [5.74, 6) is 0. The normalized spacial score (nSPS) is 11.1. The first-order chi connectivity index (χ1) is 9.24. The summed E-state index contributed by atoms with van der Waals surface area (Å²) in [5.41, 5.74) is 2.51. The molecule has 3 heteroatoms. The van der Waals surface area contributed by atoms with Gasteiger partial charge in [0.25, 0.3) is 0 Å². The van der Waals surface area contributed by atoms with Gasteiger partial charge in [0.1, 0.15) is 0 Å². The largest absolute Gasteiger partial charge is 0.337 e. The number of hydrogen-bond acceptors (Lipinski definition) is 2. The SMILES string of the molecule is Cc1cn(CCCN(C)CCc2ccccc2)cn1. The Hall–Kier alpha value is -1.61. The van der Waals surface area contributed by atoms with Gasteiger partial charge in [-0.25, -0.2) is 4.98 Å². The highest BCUT2D eigenvalue weighted by Crippen LogP contribution is 2.02. The van der Waals surface area contributed by atoms with E-state index in [9.17, 15) is 0 Å². The van der Waals surface area contributed by atoms with Crippen LogP contribution in [0.5, 0.6) is 0 Å². The second-order valence-corrected chi connectivity index (χ2v) is 5.15. The topological polar surface area (TPSA) is 21.1 Å². The van der Waals surface area contributed by atoms with Gasteiger partial charge in [-0.1, -0.05) is 30.3 Å². The minimum atomic E-state index is 1.05. The summed E-state index contributed by atoms with van der Waals surface area (Å²) in [7, 11) is 2.20. The van der Waals surface area contributed by atoms with E-state index in [1.54, 1.807) is 0 Å². The average Bonchev–Trinajstić information content (AvgIpc) is 2.83. The fourth-order valence-electron chi connectivity index (χ4n) is 2.19. The number of imidazole rings is 1. The van der Waals surface area contributed by atoms with Gasteiger partial charge in [0.05, 0.1) is 12.0 Å². The molecule has 0 fully saturated rings. The average molecular weight is 257 g/mol. The van der Waals surface area contributed by atoms with E-state index in [4.69, 9.17) is 0 Å². The molecule has 1 aromatic heterocycles. The summed E-state index contributed by atoms with van der Waals surface area (Å²) in [6, 6.07) is 10.7. The Labute approximate surface area is 115 Å². The molecule has 0 radical (unpaired) electrons. The van der Waals surface area contributed by atoms with Crippen LogP contribution in [0.3, 0.4) is 0 Å². The Morgan fingerprint density at radius 1 is 1.16 bits per heavy atom. The van der Waals surface area contributed by atoms with Gasteiger partial charge in [0, 0.05) is 19.3 Å². The molecule has 0 aliphatic carbocycles. The third kappa shape index (κ3) is 4.87. The van der Waals surface area contributed by atoms with Gasteiger partial charge in [-0.3, -0.25) is 0 Å². The monoisotopic (exact) mass is 257 g/mol. The van der Waals surface area contributed by atoms with Gasteiger partial charge >= 0.3 is 0 Å². The van der Waals surface area contributed by atoms with Crippen molar-refractivity contribution in [1.82, 2.24) is 14.5 Å². The zero-order chi connectivity index (χ0) is 13.5. The molecule has 102 valence electrons. The molecule has 0 atom stereocenters. The molecule has 2 aromatic rings. The summed E-state index contributed by atoms with van der Waals surface area (Å²) in [6.07, 6.45) is 6.31. The lowest BCUT2D eigenvalue weighted by molar-refractivity contribution is 0.325. The van der Waals surface area contributed by atoms with E-state index in [2.05, 4.69) is 58.0 Å². The summed E-state index contributed by atoms with van der Waals surface area (Å²) in [4.78, 5) is 6.64. The highest BCUT2D eigenvalue weighted by atomic mass is 15.1. The molecule has 3 nitrogen and oxygen atoms in total. The summed E-state index contributed by atoms with van der Waals surface area (Å²) in [6.45, 7) is 5.33. The van der Waals surface area contributed by atoms with Crippen LogP contribution in [0.4, 0.5) is 0 Å². The van der Waals surface area contributed by atoms with Crippen molar-refractivity contribution in [3.63, 3.8) is 0 Å². The third-order valence-electron chi connectivity index (χ3n) is 3.34. The maximum Gasteiger partial charge on any atom is 0.0949 e. The molecule has 19 heavy (non-hydrogen) atoms. The number of aromatic nitrogens is 2. The molecule has 0 spiro atoms. The van der Waals surface area contributed by atoms with E-state index in [1.165, 1.54) is 12.0 Å². The maximum atomic E-state index is 4.24. The van der Waals surface area contributed by atoms with Crippen LogP contribution < -0.4 is 0 Å². The quantitative estimate of drug-likeness (QED) is 0.760. The Bertz CT molecular complexity index is 476. The van der Waals surface area contributed by atoms with Crippen LogP contribution in [0.2, 0.25) is 0 Å². The molecule has 0 aliphatic heterocycles. The lowest BCUT2D eigenvalue weighted by atomic mass is 10.1. The zero-order valence-electron chi connectivity index (χ0n) is 11.9. The van der Waals surface area contributed by atoms with Crippen molar-refractivity contribution in [3.05, 3.63) is 54.1 Å². The van der Waals surface area contributed by atoms with Crippen molar-refractivity contribution in [1.29, 1.82) is 0 Å². The number of likely N-dealkylation sites (N-methyl/N-ethyl adjacent to an activating group) is 1. The lowest BCUT2D eigenvalue weighted by Crippen LogP contribution is -2.23. The standard InChI is InChI=1S/C16H23N3/c1-15-13-19(14-17-15)11-6-10-18(2)12-9-16-7-4-3-5-8-16/h3-5,7-8,13-14H,6,9-12H2,1-2H3. The summed E-state index contributed by atoms with van der Waals surface area (Å²) < 4.78 is 2.17. The molecule has 0 unspecified atom stereocenters. The number of hydrogen-bond donors (Lipinski definition) is 0. The molecule has 2 rings (SSSR count). The fraction of sp³-hybridized carbons (Fsp3) is 0.438. The summed E-state index contributed by atoms with van der Waals surface area (Å²) >= 11 is 0. The molecule has 0 N–H and O–H groups in total. The fourth-order valence-corrected chi connectivity index (χ4v) is 2.19. The van der Waals surface area contributed by atoms with Gasteiger partial charge in [0.2, 0.25) is 0 Å². The van der Waals surface area contributed by atoms with E-state index in [0.29, 0.717) is 0 Å². The second-order valence-electron chi connectivity index (χ2n) is 5.15. The summed E-state index contributed by atoms with van der Waals surface area (Å²) in [5, 5.41) is 0. The minimum absolute atomic E-state index is 1.05. The van der Waals surface area contributed by atoms with Gasteiger partial charge in [0.15, 0.2) is 0 Å². The Balaban J connectivity index is 1.63. The van der Waals surface area contributed by atoms with E-state index < -0.39 is 0 Å². The molecule has 1 aromatic carbocycles. The predicted molar refractivity (Wildman–Crippen MR) is 79.2 cm³/mol. The Morgan fingerprint density at radius 2 is 1.95 bits per heavy atom. The van der Waals surface area contributed by atoms with E-state index in [1.807, 2.05) is 13.3 Å². The van der Waals surface area contributed by atoms with Crippen molar-refractivity contribution in [2.45, 2.75) is 26.3 Å². The van der Waals surface area contributed by atoms with Crippen LogP contribution in [-0.2, 0) is 13.0 Å². The van der Waals surface area contributed by atoms with Crippen LogP contribution in [0.15, 0.2) is 42.9 Å².